The fraction of sp³-hybridized carbons (Fsp3) is 0.438. The normalized spacial score (nSPS) is 14.6. The Labute approximate surface area is 123 Å². The van der Waals surface area contributed by atoms with Gasteiger partial charge in [-0.25, -0.2) is 4.98 Å². The van der Waals surface area contributed by atoms with Crippen molar-refractivity contribution in [3.63, 3.8) is 0 Å². The maximum Gasteiger partial charge on any atom is 0.140 e. The minimum Gasteiger partial charge on any atom is -0.486 e. The quantitative estimate of drug-likeness (QED) is 0.912. The second-order valence-electron chi connectivity index (χ2n) is 5.36. The van der Waals surface area contributed by atoms with Crippen molar-refractivity contribution in [2.75, 3.05) is 0 Å². The van der Waals surface area contributed by atoms with Crippen LogP contribution in [0.2, 0.25) is 0 Å². The number of aromatic nitrogens is 1. The van der Waals surface area contributed by atoms with Crippen molar-refractivity contribution in [2.24, 2.45) is 0 Å². The summed E-state index contributed by atoms with van der Waals surface area (Å²) in [5.74, 6) is 1.52. The first kappa shape index (κ1) is 13.6. The van der Waals surface area contributed by atoms with Crippen molar-refractivity contribution < 1.29 is 9.84 Å². The molecule has 0 spiro atoms. The highest BCUT2D eigenvalue weighted by atomic mass is 32.1. The molecule has 4 heteroatoms. The van der Waals surface area contributed by atoms with Gasteiger partial charge in [0.15, 0.2) is 0 Å². The van der Waals surface area contributed by atoms with Crippen LogP contribution >= 0.6 is 11.3 Å². The molecular formula is C16H19NO2S. The van der Waals surface area contributed by atoms with E-state index in [2.05, 4.69) is 31.0 Å². The summed E-state index contributed by atoms with van der Waals surface area (Å²) in [5.41, 5.74) is 3.38. The summed E-state index contributed by atoms with van der Waals surface area (Å²) < 4.78 is 5.93. The molecule has 0 amide bonds. The van der Waals surface area contributed by atoms with Crippen LogP contribution in [0.15, 0.2) is 18.2 Å². The van der Waals surface area contributed by atoms with E-state index in [4.69, 9.17) is 4.74 Å². The Kier molecular flexibility index (Phi) is 3.76. The number of para-hydroxylation sites is 1. The molecule has 0 saturated heterocycles. The molecule has 1 aromatic heterocycles. The highest BCUT2D eigenvalue weighted by Gasteiger charge is 2.29. The topological polar surface area (TPSA) is 42.4 Å². The smallest absolute Gasteiger partial charge is 0.140 e. The molecule has 20 heavy (non-hydrogen) atoms. The third-order valence-corrected chi connectivity index (χ3v) is 4.66. The average molecular weight is 289 g/mol. The first-order valence-corrected chi connectivity index (χ1v) is 7.79. The number of benzene rings is 1. The Bertz CT molecular complexity index is 597. The molecule has 2 aromatic rings. The van der Waals surface area contributed by atoms with E-state index in [1.807, 2.05) is 6.07 Å². The average Bonchev–Trinajstić information content (AvgIpc) is 3.19. The zero-order chi connectivity index (χ0) is 14.1. The largest absolute Gasteiger partial charge is 0.486 e. The van der Waals surface area contributed by atoms with Gasteiger partial charge in [0.25, 0.3) is 0 Å². The Morgan fingerprint density at radius 1 is 1.30 bits per heavy atom. The fourth-order valence-corrected chi connectivity index (χ4v) is 3.35. The van der Waals surface area contributed by atoms with Crippen molar-refractivity contribution >= 4 is 11.3 Å². The van der Waals surface area contributed by atoms with Gasteiger partial charge in [-0.3, -0.25) is 0 Å². The van der Waals surface area contributed by atoms with Gasteiger partial charge in [-0.1, -0.05) is 18.2 Å². The molecule has 3 nitrogen and oxygen atoms in total. The third-order valence-electron chi connectivity index (χ3n) is 3.63. The molecule has 1 heterocycles. The Morgan fingerprint density at radius 3 is 2.60 bits per heavy atom. The van der Waals surface area contributed by atoms with Crippen LogP contribution in [0.4, 0.5) is 0 Å². The fourth-order valence-electron chi connectivity index (χ4n) is 2.43. The van der Waals surface area contributed by atoms with Crippen LogP contribution in [-0.2, 0) is 13.2 Å². The number of rotatable bonds is 5. The second-order valence-corrected chi connectivity index (χ2v) is 6.53. The third kappa shape index (κ3) is 2.72. The molecule has 0 unspecified atom stereocenters. The molecule has 1 N–H and O–H groups in total. The molecule has 0 aliphatic heterocycles. The van der Waals surface area contributed by atoms with Gasteiger partial charge in [0.1, 0.15) is 17.4 Å². The maximum absolute atomic E-state index is 9.41. The molecule has 1 aliphatic rings. The van der Waals surface area contributed by atoms with Gasteiger partial charge < -0.3 is 9.84 Å². The number of aliphatic hydroxyl groups excluding tert-OH is 1. The Balaban J connectivity index is 1.75. The highest BCUT2D eigenvalue weighted by molar-refractivity contribution is 7.11. The van der Waals surface area contributed by atoms with Gasteiger partial charge in [-0.2, -0.15) is 0 Å². The number of thiazole rings is 1. The van der Waals surface area contributed by atoms with Crippen molar-refractivity contribution in [1.29, 1.82) is 0 Å². The van der Waals surface area contributed by atoms with Gasteiger partial charge in [0.2, 0.25) is 0 Å². The highest BCUT2D eigenvalue weighted by Crippen LogP contribution is 2.42. The van der Waals surface area contributed by atoms with Gasteiger partial charge in [0, 0.05) is 5.92 Å². The lowest BCUT2D eigenvalue weighted by atomic mass is 10.1. The van der Waals surface area contributed by atoms with E-state index in [0.29, 0.717) is 12.5 Å². The molecule has 1 fully saturated rings. The van der Waals surface area contributed by atoms with E-state index in [0.717, 1.165) is 32.5 Å². The van der Waals surface area contributed by atoms with Crippen molar-refractivity contribution in [3.05, 3.63) is 44.9 Å². The summed E-state index contributed by atoms with van der Waals surface area (Å²) in [6.45, 7) is 4.68. The standard InChI is InChI=1S/C16H19NO2S/c1-10-4-3-5-11(2)16(10)19-9-14-17-15(12-6-7-12)13(8-18)20-14/h3-5,12,18H,6-9H2,1-2H3. The second kappa shape index (κ2) is 5.54. The molecule has 1 aliphatic carbocycles. The molecule has 106 valence electrons. The van der Waals surface area contributed by atoms with E-state index in [-0.39, 0.29) is 6.61 Å². The summed E-state index contributed by atoms with van der Waals surface area (Å²) in [7, 11) is 0. The van der Waals surface area contributed by atoms with Crippen molar-refractivity contribution in [2.45, 2.75) is 45.8 Å². The van der Waals surface area contributed by atoms with Crippen molar-refractivity contribution in [3.8, 4) is 5.75 Å². The molecule has 0 radical (unpaired) electrons. The maximum atomic E-state index is 9.41. The minimum atomic E-state index is 0.0902. The van der Waals surface area contributed by atoms with Gasteiger partial charge in [-0.15, -0.1) is 11.3 Å². The van der Waals surface area contributed by atoms with Crippen LogP contribution in [0.1, 0.15) is 45.5 Å². The number of ether oxygens (including phenoxy) is 1. The summed E-state index contributed by atoms with van der Waals surface area (Å²) in [5, 5.41) is 10.4. The molecule has 1 saturated carbocycles. The first-order valence-electron chi connectivity index (χ1n) is 6.97. The number of hydrogen-bond donors (Lipinski definition) is 1. The predicted octanol–water partition coefficient (Wildman–Crippen LogP) is 3.71. The van der Waals surface area contributed by atoms with Crippen LogP contribution in [0.25, 0.3) is 0 Å². The Hall–Kier alpha value is -1.39. The monoisotopic (exact) mass is 289 g/mol. The van der Waals surface area contributed by atoms with Gasteiger partial charge >= 0.3 is 0 Å². The number of nitrogens with zero attached hydrogens (tertiary/aromatic N) is 1. The molecule has 0 atom stereocenters. The van der Waals surface area contributed by atoms with Gasteiger partial charge in [-0.05, 0) is 37.8 Å². The number of aryl methyl sites for hydroxylation is 2. The number of aliphatic hydroxyl groups is 1. The van der Waals surface area contributed by atoms with E-state index >= 15 is 0 Å². The summed E-state index contributed by atoms with van der Waals surface area (Å²) in [6.07, 6.45) is 2.40. The molecule has 3 rings (SSSR count). The zero-order valence-corrected chi connectivity index (χ0v) is 12.7. The lowest BCUT2D eigenvalue weighted by molar-refractivity contribution is 0.284. The van der Waals surface area contributed by atoms with E-state index in [1.165, 1.54) is 12.8 Å². The van der Waals surface area contributed by atoms with Crippen LogP contribution in [0.5, 0.6) is 5.75 Å². The summed E-state index contributed by atoms with van der Waals surface area (Å²) in [4.78, 5) is 5.66. The molecule has 1 aromatic carbocycles. The van der Waals surface area contributed by atoms with Crippen molar-refractivity contribution in [1.82, 2.24) is 4.98 Å². The lowest BCUT2D eigenvalue weighted by Gasteiger charge is -2.10. The van der Waals surface area contributed by atoms with Crippen LogP contribution in [-0.4, -0.2) is 10.1 Å². The van der Waals surface area contributed by atoms with Crippen LogP contribution in [0, 0.1) is 13.8 Å². The van der Waals surface area contributed by atoms with E-state index < -0.39 is 0 Å². The lowest BCUT2D eigenvalue weighted by Crippen LogP contribution is -1.98. The van der Waals surface area contributed by atoms with Gasteiger partial charge in [0.05, 0.1) is 17.2 Å². The SMILES string of the molecule is Cc1cccc(C)c1OCc1nc(C2CC2)c(CO)s1. The van der Waals surface area contributed by atoms with Crippen LogP contribution in [0.3, 0.4) is 0 Å². The minimum absolute atomic E-state index is 0.0902. The van der Waals surface area contributed by atoms with Crippen LogP contribution < -0.4 is 4.74 Å². The zero-order valence-electron chi connectivity index (χ0n) is 11.8. The van der Waals surface area contributed by atoms with E-state index in [1.54, 1.807) is 11.3 Å². The molecular weight excluding hydrogens is 270 g/mol. The summed E-state index contributed by atoms with van der Waals surface area (Å²) in [6, 6.07) is 6.15. The number of hydrogen-bond acceptors (Lipinski definition) is 4. The molecule has 0 bridgehead atoms. The summed E-state index contributed by atoms with van der Waals surface area (Å²) >= 11 is 1.57. The predicted molar refractivity (Wildman–Crippen MR) is 80.3 cm³/mol. The Morgan fingerprint density at radius 2 is 2.00 bits per heavy atom. The first-order chi connectivity index (χ1) is 9.69. The van der Waals surface area contributed by atoms with E-state index in [9.17, 15) is 5.11 Å².